The zero-order valence-corrected chi connectivity index (χ0v) is 9.03. The summed E-state index contributed by atoms with van der Waals surface area (Å²) in [5, 5.41) is 0. The molecule has 0 bridgehead atoms. The predicted molar refractivity (Wildman–Crippen MR) is 67.4 cm³/mol. The molecule has 0 heterocycles. The fourth-order valence-corrected chi connectivity index (χ4v) is 2.97. The first-order chi connectivity index (χ1) is 7.93. The highest BCUT2D eigenvalue weighted by Crippen LogP contribution is 2.42. The van der Waals surface area contributed by atoms with Crippen molar-refractivity contribution in [3.05, 3.63) is 64.7 Å². The summed E-state index contributed by atoms with van der Waals surface area (Å²) in [6.07, 6.45) is 6.76. The molecule has 0 spiro atoms. The van der Waals surface area contributed by atoms with Gasteiger partial charge in [-0.1, -0.05) is 48.6 Å². The van der Waals surface area contributed by atoms with Crippen LogP contribution in [0.4, 0.5) is 0 Å². The van der Waals surface area contributed by atoms with E-state index < -0.39 is 0 Å². The molecule has 2 aromatic rings. The van der Waals surface area contributed by atoms with Crippen molar-refractivity contribution in [1.29, 1.82) is 0 Å². The molecule has 2 aliphatic carbocycles. The number of fused-ring (bicyclic) bond motifs is 5. The number of allylic oxidation sites excluding steroid dienone is 1. The smallest absolute Gasteiger partial charge is 0.00132 e. The van der Waals surface area contributed by atoms with E-state index in [0.717, 1.165) is 12.8 Å². The van der Waals surface area contributed by atoms with Gasteiger partial charge in [0.25, 0.3) is 0 Å². The van der Waals surface area contributed by atoms with Gasteiger partial charge in [-0.25, -0.2) is 0 Å². The Labute approximate surface area is 95.2 Å². The molecule has 76 valence electrons. The van der Waals surface area contributed by atoms with Crippen LogP contribution in [0.1, 0.15) is 22.3 Å². The Balaban J connectivity index is 2.10. The van der Waals surface area contributed by atoms with Crippen LogP contribution in [-0.2, 0) is 12.8 Å². The minimum Gasteiger partial charge on any atom is -0.0795 e. The summed E-state index contributed by atoms with van der Waals surface area (Å²) in [6.45, 7) is 0. The molecule has 4 rings (SSSR count). The average Bonchev–Trinajstić information content (AvgIpc) is 2.91. The lowest BCUT2D eigenvalue weighted by molar-refractivity contribution is 1.24. The molecule has 0 unspecified atom stereocenters. The van der Waals surface area contributed by atoms with Gasteiger partial charge in [-0.2, -0.15) is 0 Å². The van der Waals surface area contributed by atoms with Crippen LogP contribution in [0.25, 0.3) is 17.2 Å². The van der Waals surface area contributed by atoms with Crippen molar-refractivity contribution in [2.45, 2.75) is 12.8 Å². The van der Waals surface area contributed by atoms with Gasteiger partial charge < -0.3 is 0 Å². The summed E-state index contributed by atoms with van der Waals surface area (Å²) in [4.78, 5) is 0. The summed E-state index contributed by atoms with van der Waals surface area (Å²) in [6, 6.07) is 13.4. The third-order valence-electron chi connectivity index (χ3n) is 3.71. The maximum absolute atomic E-state index is 2.31. The first-order valence-electron chi connectivity index (χ1n) is 5.83. The van der Waals surface area contributed by atoms with Crippen molar-refractivity contribution in [2.75, 3.05) is 0 Å². The molecule has 0 amide bonds. The van der Waals surface area contributed by atoms with Crippen molar-refractivity contribution in [3.8, 4) is 11.1 Å². The van der Waals surface area contributed by atoms with Crippen LogP contribution in [0, 0.1) is 0 Å². The van der Waals surface area contributed by atoms with E-state index in [4.69, 9.17) is 0 Å². The SMILES string of the molecule is C1=Cc2c(ccc3c2-c2ccccc2C3)C1. The molecular weight excluding hydrogens is 192 g/mol. The largest absolute Gasteiger partial charge is 0.0795 e. The van der Waals surface area contributed by atoms with Gasteiger partial charge in [0.15, 0.2) is 0 Å². The monoisotopic (exact) mass is 204 g/mol. The molecule has 0 aromatic heterocycles. The lowest BCUT2D eigenvalue weighted by Gasteiger charge is -2.07. The van der Waals surface area contributed by atoms with E-state index in [1.165, 1.54) is 33.4 Å². The van der Waals surface area contributed by atoms with Gasteiger partial charge in [0.05, 0.1) is 0 Å². The highest BCUT2D eigenvalue weighted by atomic mass is 14.3. The fourth-order valence-electron chi connectivity index (χ4n) is 2.97. The van der Waals surface area contributed by atoms with Crippen LogP contribution in [0.5, 0.6) is 0 Å². The molecule has 0 radical (unpaired) electrons. The quantitative estimate of drug-likeness (QED) is 0.522. The number of benzene rings is 2. The second-order valence-corrected chi connectivity index (χ2v) is 4.61. The van der Waals surface area contributed by atoms with Crippen molar-refractivity contribution in [1.82, 2.24) is 0 Å². The van der Waals surface area contributed by atoms with Crippen molar-refractivity contribution in [3.63, 3.8) is 0 Å². The summed E-state index contributed by atoms with van der Waals surface area (Å²) in [7, 11) is 0. The van der Waals surface area contributed by atoms with E-state index >= 15 is 0 Å². The third-order valence-corrected chi connectivity index (χ3v) is 3.71. The average molecular weight is 204 g/mol. The number of rotatable bonds is 0. The van der Waals surface area contributed by atoms with Gasteiger partial charge in [0.1, 0.15) is 0 Å². The normalized spacial score (nSPS) is 14.8. The summed E-state index contributed by atoms with van der Waals surface area (Å²) >= 11 is 0. The molecule has 0 saturated heterocycles. The molecule has 0 saturated carbocycles. The zero-order chi connectivity index (χ0) is 10.5. The molecule has 2 aromatic carbocycles. The van der Waals surface area contributed by atoms with Gasteiger partial charge in [0, 0.05) is 0 Å². The van der Waals surface area contributed by atoms with E-state index in [1.54, 1.807) is 0 Å². The van der Waals surface area contributed by atoms with Gasteiger partial charge in [-0.05, 0) is 46.2 Å². The Morgan fingerprint density at radius 1 is 0.812 bits per heavy atom. The molecule has 2 aliphatic rings. The Hall–Kier alpha value is -1.82. The standard InChI is InChI=1S/C16H12/c1-2-6-15-12(4-1)10-13-9-8-11-5-3-7-14(11)16(13)15/h1-4,6-9H,5,10H2. The summed E-state index contributed by atoms with van der Waals surface area (Å²) in [5.74, 6) is 0. The van der Waals surface area contributed by atoms with Crippen molar-refractivity contribution >= 4 is 6.08 Å². The molecular formula is C16H12. The van der Waals surface area contributed by atoms with E-state index in [-0.39, 0.29) is 0 Å². The Kier molecular flexibility index (Phi) is 1.49. The van der Waals surface area contributed by atoms with E-state index in [9.17, 15) is 0 Å². The molecule has 0 atom stereocenters. The number of hydrogen-bond donors (Lipinski definition) is 0. The van der Waals surface area contributed by atoms with Crippen molar-refractivity contribution < 1.29 is 0 Å². The Morgan fingerprint density at radius 2 is 1.69 bits per heavy atom. The van der Waals surface area contributed by atoms with Crippen LogP contribution < -0.4 is 0 Å². The fraction of sp³-hybridized carbons (Fsp3) is 0.125. The summed E-state index contributed by atoms with van der Waals surface area (Å²) in [5.41, 5.74) is 8.85. The molecule has 0 fully saturated rings. The minimum atomic E-state index is 1.10. The molecule has 0 nitrogen and oxygen atoms in total. The molecule has 16 heavy (non-hydrogen) atoms. The van der Waals surface area contributed by atoms with Gasteiger partial charge >= 0.3 is 0 Å². The maximum atomic E-state index is 2.31. The van der Waals surface area contributed by atoms with Crippen molar-refractivity contribution in [2.24, 2.45) is 0 Å². The molecule has 0 N–H and O–H groups in total. The second-order valence-electron chi connectivity index (χ2n) is 4.61. The van der Waals surface area contributed by atoms with Crippen LogP contribution in [0.15, 0.2) is 42.5 Å². The van der Waals surface area contributed by atoms with Crippen LogP contribution in [0.2, 0.25) is 0 Å². The van der Waals surface area contributed by atoms with E-state index in [2.05, 4.69) is 48.6 Å². The highest BCUT2D eigenvalue weighted by molar-refractivity contribution is 5.86. The van der Waals surface area contributed by atoms with Crippen LogP contribution >= 0.6 is 0 Å². The first-order valence-corrected chi connectivity index (χ1v) is 5.83. The number of hydrogen-bond acceptors (Lipinski definition) is 0. The van der Waals surface area contributed by atoms with Gasteiger partial charge in [-0.15, -0.1) is 0 Å². The third kappa shape index (κ3) is 0.943. The maximum Gasteiger partial charge on any atom is -0.00132 e. The molecule has 0 aliphatic heterocycles. The lowest BCUT2D eigenvalue weighted by atomic mass is 9.97. The van der Waals surface area contributed by atoms with Crippen LogP contribution in [0.3, 0.4) is 0 Å². The topological polar surface area (TPSA) is 0 Å². The highest BCUT2D eigenvalue weighted by Gasteiger charge is 2.22. The van der Waals surface area contributed by atoms with Crippen LogP contribution in [-0.4, -0.2) is 0 Å². The first kappa shape index (κ1) is 8.35. The Bertz CT molecular complexity index is 618. The van der Waals surface area contributed by atoms with Gasteiger partial charge in [-0.3, -0.25) is 0 Å². The minimum absolute atomic E-state index is 1.10. The van der Waals surface area contributed by atoms with Gasteiger partial charge in [0.2, 0.25) is 0 Å². The van der Waals surface area contributed by atoms with E-state index in [0.29, 0.717) is 0 Å². The summed E-state index contributed by atoms with van der Waals surface area (Å²) < 4.78 is 0. The predicted octanol–water partition coefficient (Wildman–Crippen LogP) is 3.83. The zero-order valence-electron chi connectivity index (χ0n) is 9.03. The van der Waals surface area contributed by atoms with E-state index in [1.807, 2.05) is 0 Å². The molecule has 0 heteroatoms. The Morgan fingerprint density at radius 3 is 2.69 bits per heavy atom. The lowest BCUT2D eigenvalue weighted by Crippen LogP contribution is -1.87. The second kappa shape index (κ2) is 2.85.